The highest BCUT2D eigenvalue weighted by Crippen LogP contribution is 2.35. The molecule has 6 nitrogen and oxygen atoms in total. The molecule has 2 N–H and O–H groups in total. The molecule has 0 radical (unpaired) electrons. The zero-order valence-corrected chi connectivity index (χ0v) is 16.1. The van der Waals surface area contributed by atoms with Crippen molar-refractivity contribution in [3.8, 4) is 5.69 Å². The molecular formula is C19H22N4O2S. The second-order valence-corrected chi connectivity index (χ2v) is 7.53. The van der Waals surface area contributed by atoms with E-state index >= 15 is 0 Å². The van der Waals surface area contributed by atoms with Gasteiger partial charge in [-0.3, -0.25) is 9.59 Å². The molecule has 26 heavy (non-hydrogen) atoms. The summed E-state index contributed by atoms with van der Waals surface area (Å²) in [5, 5.41) is 6.45. The minimum atomic E-state index is -0.271. The van der Waals surface area contributed by atoms with Crippen LogP contribution in [0.25, 0.3) is 15.9 Å². The van der Waals surface area contributed by atoms with Crippen molar-refractivity contribution < 1.29 is 9.59 Å². The van der Waals surface area contributed by atoms with Crippen molar-refractivity contribution in [3.05, 3.63) is 46.7 Å². The summed E-state index contributed by atoms with van der Waals surface area (Å²) in [5.74, 6) is -0.477. The van der Waals surface area contributed by atoms with Gasteiger partial charge in [-0.15, -0.1) is 11.3 Å². The van der Waals surface area contributed by atoms with Crippen molar-refractivity contribution in [2.45, 2.75) is 33.7 Å². The Hall–Kier alpha value is -2.67. The average molecular weight is 370 g/mol. The Bertz CT molecular complexity index is 958. The SMILES string of the molecule is Cc1cc(C)c2c(-n3cccc3)c(C(=O)NCC(=O)NC(C)C)sc2n1. The molecule has 7 heteroatoms. The first-order chi connectivity index (χ1) is 12.4. The summed E-state index contributed by atoms with van der Waals surface area (Å²) in [6.07, 6.45) is 3.81. The zero-order valence-electron chi connectivity index (χ0n) is 15.3. The molecule has 0 aliphatic rings. The molecule has 3 heterocycles. The molecule has 0 fully saturated rings. The van der Waals surface area contributed by atoms with Gasteiger partial charge in [0.1, 0.15) is 9.71 Å². The number of carbonyl (C=O) groups excluding carboxylic acids is 2. The minimum Gasteiger partial charge on any atom is -0.352 e. The van der Waals surface area contributed by atoms with Gasteiger partial charge in [0.15, 0.2) is 0 Å². The Morgan fingerprint density at radius 2 is 1.92 bits per heavy atom. The van der Waals surface area contributed by atoms with Gasteiger partial charge in [0.05, 0.1) is 12.2 Å². The van der Waals surface area contributed by atoms with E-state index in [1.807, 2.05) is 62.9 Å². The van der Waals surface area contributed by atoms with Gasteiger partial charge in [0, 0.05) is 29.5 Å². The molecule has 2 amide bonds. The molecule has 0 unspecified atom stereocenters. The van der Waals surface area contributed by atoms with Gasteiger partial charge in [-0.05, 0) is 51.5 Å². The number of nitrogens with zero attached hydrogens (tertiary/aromatic N) is 2. The van der Waals surface area contributed by atoms with Crippen molar-refractivity contribution in [1.29, 1.82) is 0 Å². The highest BCUT2D eigenvalue weighted by molar-refractivity contribution is 7.21. The van der Waals surface area contributed by atoms with E-state index in [1.54, 1.807) is 0 Å². The molecule has 0 bridgehead atoms. The van der Waals surface area contributed by atoms with Crippen molar-refractivity contribution >= 4 is 33.4 Å². The second-order valence-electron chi connectivity index (χ2n) is 6.54. The summed E-state index contributed by atoms with van der Waals surface area (Å²) in [6.45, 7) is 7.67. The lowest BCUT2D eigenvalue weighted by Crippen LogP contribution is -2.39. The molecule has 3 aromatic rings. The van der Waals surface area contributed by atoms with Crippen LogP contribution in [0.4, 0.5) is 0 Å². The summed E-state index contributed by atoms with van der Waals surface area (Å²) in [5.41, 5.74) is 2.80. The van der Waals surface area contributed by atoms with E-state index in [0.717, 1.165) is 27.2 Å². The lowest BCUT2D eigenvalue weighted by molar-refractivity contribution is -0.120. The molecule has 0 aromatic carbocycles. The standard InChI is InChI=1S/C19H22N4O2S/c1-11(2)21-14(24)10-20-18(25)17-16(23-7-5-6-8-23)15-12(3)9-13(4)22-19(15)26-17/h5-9,11H,10H2,1-4H3,(H,20,25)(H,21,24). The van der Waals surface area contributed by atoms with E-state index in [2.05, 4.69) is 15.6 Å². The van der Waals surface area contributed by atoms with Crippen molar-refractivity contribution in [2.75, 3.05) is 6.54 Å². The van der Waals surface area contributed by atoms with Gasteiger partial charge in [-0.1, -0.05) is 0 Å². The third-order valence-electron chi connectivity index (χ3n) is 3.89. The van der Waals surface area contributed by atoms with E-state index < -0.39 is 0 Å². The Morgan fingerprint density at radius 3 is 2.58 bits per heavy atom. The number of aromatic nitrogens is 2. The molecule has 0 saturated heterocycles. The third kappa shape index (κ3) is 3.62. The summed E-state index contributed by atoms with van der Waals surface area (Å²) >= 11 is 1.35. The Balaban J connectivity index is 2.00. The lowest BCUT2D eigenvalue weighted by atomic mass is 10.1. The highest BCUT2D eigenvalue weighted by atomic mass is 32.1. The van der Waals surface area contributed by atoms with Crippen LogP contribution in [0.3, 0.4) is 0 Å². The number of pyridine rings is 1. The average Bonchev–Trinajstić information content (AvgIpc) is 3.18. The van der Waals surface area contributed by atoms with Gasteiger partial charge >= 0.3 is 0 Å². The first kappa shape index (κ1) is 18.1. The van der Waals surface area contributed by atoms with Crippen LogP contribution in [0.15, 0.2) is 30.6 Å². The molecular weight excluding hydrogens is 348 g/mol. The molecule has 0 aliphatic heterocycles. The Labute approximate surface area is 156 Å². The predicted molar refractivity (Wildman–Crippen MR) is 104 cm³/mol. The first-order valence-corrected chi connectivity index (χ1v) is 9.30. The maximum Gasteiger partial charge on any atom is 0.264 e. The summed E-state index contributed by atoms with van der Waals surface area (Å²) in [7, 11) is 0. The third-order valence-corrected chi connectivity index (χ3v) is 4.96. The maximum absolute atomic E-state index is 12.8. The number of hydrogen-bond donors (Lipinski definition) is 2. The van der Waals surface area contributed by atoms with Crippen LogP contribution in [0, 0.1) is 13.8 Å². The van der Waals surface area contributed by atoms with Crippen LogP contribution in [-0.2, 0) is 4.79 Å². The summed E-state index contributed by atoms with van der Waals surface area (Å²) in [6, 6.07) is 5.88. The topological polar surface area (TPSA) is 76.0 Å². The fourth-order valence-corrected chi connectivity index (χ4v) is 4.13. The van der Waals surface area contributed by atoms with Crippen molar-refractivity contribution in [2.24, 2.45) is 0 Å². The van der Waals surface area contributed by atoms with Crippen LogP contribution in [-0.4, -0.2) is 34.0 Å². The summed E-state index contributed by atoms with van der Waals surface area (Å²) in [4.78, 5) is 30.6. The molecule has 0 spiro atoms. The van der Waals surface area contributed by atoms with Crippen molar-refractivity contribution in [1.82, 2.24) is 20.2 Å². The van der Waals surface area contributed by atoms with Crippen molar-refractivity contribution in [3.63, 3.8) is 0 Å². The number of rotatable bonds is 5. The fourth-order valence-electron chi connectivity index (χ4n) is 2.92. The van der Waals surface area contributed by atoms with Gasteiger partial charge in [-0.2, -0.15) is 0 Å². The van der Waals surface area contributed by atoms with E-state index in [-0.39, 0.29) is 24.4 Å². The zero-order chi connectivity index (χ0) is 18.8. The van der Waals surface area contributed by atoms with Gasteiger partial charge in [0.2, 0.25) is 5.91 Å². The van der Waals surface area contributed by atoms with Crippen LogP contribution < -0.4 is 10.6 Å². The van der Waals surface area contributed by atoms with Gasteiger partial charge in [0.25, 0.3) is 5.91 Å². The lowest BCUT2D eigenvalue weighted by Gasteiger charge is -2.10. The van der Waals surface area contributed by atoms with Crippen LogP contribution >= 0.6 is 11.3 Å². The van der Waals surface area contributed by atoms with Crippen LogP contribution in [0.5, 0.6) is 0 Å². The maximum atomic E-state index is 12.8. The molecule has 0 aliphatic carbocycles. The Kier molecular flexibility index (Phi) is 5.08. The van der Waals surface area contributed by atoms with E-state index in [9.17, 15) is 9.59 Å². The molecule has 3 aromatic heterocycles. The number of carbonyl (C=O) groups is 2. The number of aryl methyl sites for hydroxylation is 2. The predicted octanol–water partition coefficient (Wildman–Crippen LogP) is 2.96. The number of nitrogens with one attached hydrogen (secondary N) is 2. The summed E-state index contributed by atoms with van der Waals surface area (Å²) < 4.78 is 1.92. The highest BCUT2D eigenvalue weighted by Gasteiger charge is 2.22. The normalized spacial score (nSPS) is 11.1. The van der Waals surface area contributed by atoms with Gasteiger partial charge in [-0.25, -0.2) is 4.98 Å². The number of fused-ring (bicyclic) bond motifs is 1. The quantitative estimate of drug-likeness (QED) is 0.725. The Morgan fingerprint density at radius 1 is 1.23 bits per heavy atom. The number of amides is 2. The molecule has 3 rings (SSSR count). The number of hydrogen-bond acceptors (Lipinski definition) is 4. The molecule has 0 atom stereocenters. The van der Waals surface area contributed by atoms with E-state index in [4.69, 9.17) is 0 Å². The van der Waals surface area contributed by atoms with E-state index in [0.29, 0.717) is 4.88 Å². The monoisotopic (exact) mass is 370 g/mol. The first-order valence-electron chi connectivity index (χ1n) is 8.48. The van der Waals surface area contributed by atoms with Crippen LogP contribution in [0.1, 0.15) is 34.8 Å². The minimum absolute atomic E-state index is 0.0361. The van der Waals surface area contributed by atoms with Crippen LogP contribution in [0.2, 0.25) is 0 Å². The second kappa shape index (κ2) is 7.29. The largest absolute Gasteiger partial charge is 0.352 e. The molecule has 136 valence electrons. The smallest absolute Gasteiger partial charge is 0.264 e. The van der Waals surface area contributed by atoms with E-state index in [1.165, 1.54) is 11.3 Å². The fraction of sp³-hybridized carbons (Fsp3) is 0.316. The number of thiophene rings is 1. The van der Waals surface area contributed by atoms with Gasteiger partial charge < -0.3 is 15.2 Å². The molecule has 0 saturated carbocycles.